The fraction of sp³-hybridized carbons (Fsp3) is 0.333. The van der Waals surface area contributed by atoms with Crippen LogP contribution in [0.5, 0.6) is 0 Å². The highest BCUT2D eigenvalue weighted by molar-refractivity contribution is 7.08. The standard InChI is InChI=1S/C12H13NO3S/c1-12(2,3)9-8(11(14)15)16-10(13-9)7-4-5-17-6-7/h4-6H,1-3H3,(H,14,15). The number of nitrogens with zero attached hydrogens (tertiary/aromatic N) is 1. The van der Waals surface area contributed by atoms with Crippen LogP contribution < -0.4 is 0 Å². The van der Waals surface area contributed by atoms with Crippen molar-refractivity contribution >= 4 is 17.3 Å². The van der Waals surface area contributed by atoms with Crippen LogP contribution in [0.1, 0.15) is 37.0 Å². The first kappa shape index (κ1) is 11.9. The molecule has 0 aliphatic rings. The smallest absolute Gasteiger partial charge is 0.373 e. The third-order valence-corrected chi connectivity index (χ3v) is 2.98. The van der Waals surface area contributed by atoms with E-state index in [1.54, 1.807) is 0 Å². The summed E-state index contributed by atoms with van der Waals surface area (Å²) in [4.78, 5) is 15.4. The minimum Gasteiger partial charge on any atom is -0.475 e. The van der Waals surface area contributed by atoms with Gasteiger partial charge in [0.25, 0.3) is 0 Å². The van der Waals surface area contributed by atoms with Gasteiger partial charge in [0.2, 0.25) is 11.7 Å². The second-order valence-electron chi connectivity index (χ2n) is 4.76. The Balaban J connectivity index is 2.56. The molecule has 0 saturated carbocycles. The molecule has 0 spiro atoms. The molecular weight excluding hydrogens is 238 g/mol. The van der Waals surface area contributed by atoms with Gasteiger partial charge in [-0.05, 0) is 11.4 Å². The second-order valence-corrected chi connectivity index (χ2v) is 5.54. The molecule has 0 aromatic carbocycles. The number of aromatic carboxylic acids is 1. The number of carboxylic acids is 1. The first-order valence-electron chi connectivity index (χ1n) is 5.17. The molecule has 0 bridgehead atoms. The van der Waals surface area contributed by atoms with E-state index in [4.69, 9.17) is 9.52 Å². The fourth-order valence-electron chi connectivity index (χ4n) is 1.48. The Bertz CT molecular complexity index is 535. The molecule has 17 heavy (non-hydrogen) atoms. The molecule has 0 atom stereocenters. The summed E-state index contributed by atoms with van der Waals surface area (Å²) in [6.45, 7) is 5.73. The van der Waals surface area contributed by atoms with Gasteiger partial charge in [-0.3, -0.25) is 0 Å². The largest absolute Gasteiger partial charge is 0.475 e. The number of hydrogen-bond donors (Lipinski definition) is 1. The topological polar surface area (TPSA) is 63.3 Å². The van der Waals surface area contributed by atoms with Gasteiger partial charge < -0.3 is 9.52 Å². The van der Waals surface area contributed by atoms with Crippen LogP contribution >= 0.6 is 11.3 Å². The van der Waals surface area contributed by atoms with Crippen molar-refractivity contribution in [1.29, 1.82) is 0 Å². The molecule has 0 saturated heterocycles. The van der Waals surface area contributed by atoms with Gasteiger partial charge in [0.1, 0.15) is 5.69 Å². The summed E-state index contributed by atoms with van der Waals surface area (Å²) in [5.41, 5.74) is 0.935. The molecule has 2 aromatic heterocycles. The number of oxazole rings is 1. The Morgan fingerprint density at radius 3 is 2.59 bits per heavy atom. The quantitative estimate of drug-likeness (QED) is 0.888. The van der Waals surface area contributed by atoms with Crippen LogP contribution in [0.25, 0.3) is 11.5 Å². The van der Waals surface area contributed by atoms with Crippen molar-refractivity contribution in [3.8, 4) is 11.5 Å². The maximum absolute atomic E-state index is 11.1. The van der Waals surface area contributed by atoms with Gasteiger partial charge in [-0.1, -0.05) is 20.8 Å². The Labute approximate surface area is 103 Å². The van der Waals surface area contributed by atoms with Crippen LogP contribution in [0.2, 0.25) is 0 Å². The van der Waals surface area contributed by atoms with Gasteiger partial charge in [0, 0.05) is 16.4 Å². The predicted octanol–water partition coefficient (Wildman–Crippen LogP) is 3.40. The lowest BCUT2D eigenvalue weighted by Crippen LogP contribution is -2.16. The third-order valence-electron chi connectivity index (χ3n) is 2.30. The molecule has 4 nitrogen and oxygen atoms in total. The van der Waals surface area contributed by atoms with Gasteiger partial charge in [0.05, 0.1) is 0 Å². The summed E-state index contributed by atoms with van der Waals surface area (Å²) in [6, 6.07) is 1.86. The molecule has 5 heteroatoms. The van der Waals surface area contributed by atoms with Crippen molar-refractivity contribution in [1.82, 2.24) is 4.98 Å². The van der Waals surface area contributed by atoms with Crippen LogP contribution in [0.3, 0.4) is 0 Å². The van der Waals surface area contributed by atoms with E-state index < -0.39 is 5.97 Å². The number of carboxylic acid groups (broad SMARTS) is 1. The first-order chi connectivity index (χ1) is 7.89. The maximum Gasteiger partial charge on any atom is 0.373 e. The predicted molar refractivity (Wildman–Crippen MR) is 65.5 cm³/mol. The normalized spacial score (nSPS) is 11.7. The molecule has 0 unspecified atom stereocenters. The lowest BCUT2D eigenvalue weighted by Gasteiger charge is -2.14. The third kappa shape index (κ3) is 2.24. The number of aromatic nitrogens is 1. The minimum absolute atomic E-state index is 0.0706. The number of carbonyl (C=O) groups is 1. The molecule has 2 heterocycles. The van der Waals surface area contributed by atoms with Crippen molar-refractivity contribution in [3.05, 3.63) is 28.3 Å². The molecule has 0 fully saturated rings. The van der Waals surface area contributed by atoms with Crippen LogP contribution in [0.15, 0.2) is 21.2 Å². The van der Waals surface area contributed by atoms with Gasteiger partial charge in [0.15, 0.2) is 0 Å². The summed E-state index contributed by atoms with van der Waals surface area (Å²) in [6.07, 6.45) is 0. The van der Waals surface area contributed by atoms with Crippen LogP contribution in [0.4, 0.5) is 0 Å². The summed E-state index contributed by atoms with van der Waals surface area (Å²) >= 11 is 1.52. The molecule has 0 aliphatic heterocycles. The molecule has 2 rings (SSSR count). The fourth-order valence-corrected chi connectivity index (χ4v) is 2.11. The highest BCUT2D eigenvalue weighted by Gasteiger charge is 2.29. The molecule has 1 N–H and O–H groups in total. The van der Waals surface area contributed by atoms with Gasteiger partial charge in [-0.25, -0.2) is 9.78 Å². The molecule has 0 amide bonds. The van der Waals surface area contributed by atoms with E-state index in [0.717, 1.165) is 5.56 Å². The van der Waals surface area contributed by atoms with E-state index >= 15 is 0 Å². The van der Waals surface area contributed by atoms with Gasteiger partial charge in [-0.2, -0.15) is 11.3 Å². The average Bonchev–Trinajstić information content (AvgIpc) is 2.85. The Morgan fingerprint density at radius 1 is 1.47 bits per heavy atom. The Kier molecular flexibility index (Phi) is 2.79. The number of thiophene rings is 1. The van der Waals surface area contributed by atoms with Crippen molar-refractivity contribution in [2.24, 2.45) is 0 Å². The van der Waals surface area contributed by atoms with Crippen LogP contribution in [-0.4, -0.2) is 16.1 Å². The average molecular weight is 251 g/mol. The maximum atomic E-state index is 11.1. The molecule has 2 aromatic rings. The monoisotopic (exact) mass is 251 g/mol. The number of rotatable bonds is 2. The zero-order chi connectivity index (χ0) is 12.6. The van der Waals surface area contributed by atoms with E-state index in [1.807, 2.05) is 37.6 Å². The minimum atomic E-state index is -1.08. The summed E-state index contributed by atoms with van der Waals surface area (Å²) in [7, 11) is 0. The highest BCUT2D eigenvalue weighted by Crippen LogP contribution is 2.30. The van der Waals surface area contributed by atoms with E-state index in [9.17, 15) is 4.79 Å². The number of hydrogen-bond acceptors (Lipinski definition) is 4. The lowest BCUT2D eigenvalue weighted by molar-refractivity contribution is 0.0659. The van der Waals surface area contributed by atoms with Crippen LogP contribution in [0, 0.1) is 0 Å². The summed E-state index contributed by atoms with van der Waals surface area (Å²) < 4.78 is 5.34. The lowest BCUT2D eigenvalue weighted by atomic mass is 9.91. The molecule has 0 radical (unpaired) electrons. The summed E-state index contributed by atoms with van der Waals surface area (Å²) in [5, 5.41) is 12.9. The zero-order valence-electron chi connectivity index (χ0n) is 9.85. The van der Waals surface area contributed by atoms with E-state index in [2.05, 4.69) is 4.98 Å². The zero-order valence-corrected chi connectivity index (χ0v) is 10.7. The van der Waals surface area contributed by atoms with Crippen molar-refractivity contribution in [3.63, 3.8) is 0 Å². The van der Waals surface area contributed by atoms with Gasteiger partial charge >= 0.3 is 5.97 Å². The highest BCUT2D eigenvalue weighted by atomic mass is 32.1. The van der Waals surface area contributed by atoms with Crippen molar-refractivity contribution in [2.45, 2.75) is 26.2 Å². The van der Waals surface area contributed by atoms with Crippen molar-refractivity contribution < 1.29 is 14.3 Å². The Morgan fingerprint density at radius 2 is 2.18 bits per heavy atom. The van der Waals surface area contributed by atoms with E-state index in [0.29, 0.717) is 11.6 Å². The molecule has 90 valence electrons. The van der Waals surface area contributed by atoms with Crippen LogP contribution in [-0.2, 0) is 5.41 Å². The second kappa shape index (κ2) is 4.00. The van der Waals surface area contributed by atoms with E-state index in [-0.39, 0.29) is 11.2 Å². The Hall–Kier alpha value is -1.62. The SMILES string of the molecule is CC(C)(C)c1nc(-c2ccsc2)oc1C(=O)O. The molecular formula is C12H13NO3S. The van der Waals surface area contributed by atoms with Crippen molar-refractivity contribution in [2.75, 3.05) is 0 Å². The molecule has 0 aliphatic carbocycles. The van der Waals surface area contributed by atoms with Gasteiger partial charge in [-0.15, -0.1) is 0 Å². The first-order valence-corrected chi connectivity index (χ1v) is 6.11. The van der Waals surface area contributed by atoms with E-state index in [1.165, 1.54) is 11.3 Å². The summed E-state index contributed by atoms with van der Waals surface area (Å²) in [5.74, 6) is -0.781.